The lowest BCUT2D eigenvalue weighted by Crippen LogP contribution is -2.52. The number of aromatic hydroxyl groups is 1. The second-order valence-electron chi connectivity index (χ2n) is 6.01. The summed E-state index contributed by atoms with van der Waals surface area (Å²) in [5.41, 5.74) is 0.593. The minimum absolute atomic E-state index is 0.136. The van der Waals surface area contributed by atoms with E-state index in [2.05, 4.69) is 4.90 Å². The first-order valence-electron chi connectivity index (χ1n) is 7.18. The number of benzene rings is 1. The number of phenols is 1. The van der Waals surface area contributed by atoms with Crippen LogP contribution in [0.5, 0.6) is 5.75 Å². The molecule has 1 fully saturated rings. The molecule has 0 saturated heterocycles. The third-order valence-corrected chi connectivity index (χ3v) is 4.33. The van der Waals surface area contributed by atoms with E-state index in [1.165, 1.54) is 6.42 Å². The van der Waals surface area contributed by atoms with Gasteiger partial charge in [0.1, 0.15) is 5.75 Å². The standard InChI is InChI=1S/C16H25NO2/c1-17(2)15(16(19)10-4-3-5-11-16)12-13-6-8-14(18)9-7-13/h6-9,15,18-19H,3-5,10-12H2,1-2H3/t15-/m0/s1. The summed E-state index contributed by atoms with van der Waals surface area (Å²) in [5, 5.41) is 20.3. The molecule has 0 aromatic heterocycles. The van der Waals surface area contributed by atoms with Crippen LogP contribution in [0.3, 0.4) is 0 Å². The molecule has 0 amide bonds. The summed E-state index contributed by atoms with van der Waals surface area (Å²) < 4.78 is 0. The molecule has 19 heavy (non-hydrogen) atoms. The number of phenolic OH excluding ortho intramolecular Hbond substituents is 1. The fourth-order valence-corrected chi connectivity index (χ4v) is 3.21. The molecule has 0 aliphatic heterocycles. The molecule has 0 heterocycles. The van der Waals surface area contributed by atoms with Crippen molar-refractivity contribution < 1.29 is 10.2 Å². The van der Waals surface area contributed by atoms with Crippen molar-refractivity contribution in [3.05, 3.63) is 29.8 Å². The highest BCUT2D eigenvalue weighted by atomic mass is 16.3. The van der Waals surface area contributed by atoms with E-state index in [9.17, 15) is 10.2 Å². The van der Waals surface area contributed by atoms with Gasteiger partial charge in [0.25, 0.3) is 0 Å². The second-order valence-corrected chi connectivity index (χ2v) is 6.01. The third-order valence-electron chi connectivity index (χ3n) is 4.33. The lowest BCUT2D eigenvalue weighted by molar-refractivity contribution is -0.0601. The molecule has 0 radical (unpaired) electrons. The fourth-order valence-electron chi connectivity index (χ4n) is 3.21. The predicted octanol–water partition coefficient (Wildman–Crippen LogP) is 2.56. The van der Waals surface area contributed by atoms with Gasteiger partial charge in [0.2, 0.25) is 0 Å². The highest BCUT2D eigenvalue weighted by molar-refractivity contribution is 5.27. The lowest BCUT2D eigenvalue weighted by atomic mass is 9.77. The molecule has 1 aromatic carbocycles. The third kappa shape index (κ3) is 3.48. The monoisotopic (exact) mass is 263 g/mol. The zero-order valence-electron chi connectivity index (χ0n) is 12.0. The van der Waals surface area contributed by atoms with Crippen LogP contribution in [0.2, 0.25) is 0 Å². The van der Waals surface area contributed by atoms with Crippen molar-refractivity contribution >= 4 is 0 Å². The number of likely N-dealkylation sites (N-methyl/N-ethyl adjacent to an activating group) is 1. The van der Waals surface area contributed by atoms with Gasteiger partial charge in [0.15, 0.2) is 0 Å². The molecule has 106 valence electrons. The average Bonchev–Trinajstić information content (AvgIpc) is 2.38. The van der Waals surface area contributed by atoms with E-state index in [0.717, 1.165) is 37.7 Å². The van der Waals surface area contributed by atoms with E-state index in [4.69, 9.17) is 0 Å². The van der Waals surface area contributed by atoms with Gasteiger partial charge in [0, 0.05) is 6.04 Å². The summed E-state index contributed by atoms with van der Waals surface area (Å²) in [5.74, 6) is 0.293. The Labute approximate surface area is 115 Å². The second kappa shape index (κ2) is 5.93. The van der Waals surface area contributed by atoms with Gasteiger partial charge in [0.05, 0.1) is 5.60 Å². The SMILES string of the molecule is CN(C)[C@@H](Cc1ccc(O)cc1)C1(O)CCCCC1. The normalized spacial score (nSPS) is 20.4. The largest absolute Gasteiger partial charge is 0.508 e. The van der Waals surface area contributed by atoms with Gasteiger partial charge < -0.3 is 15.1 Å². The number of nitrogens with zero attached hydrogens (tertiary/aromatic N) is 1. The molecule has 0 bridgehead atoms. The maximum atomic E-state index is 10.9. The number of rotatable bonds is 4. The molecule has 2 rings (SSSR count). The van der Waals surface area contributed by atoms with Crippen LogP contribution >= 0.6 is 0 Å². The Morgan fingerprint density at radius 2 is 1.68 bits per heavy atom. The molecule has 2 N–H and O–H groups in total. The van der Waals surface area contributed by atoms with Crippen LogP contribution in [0.1, 0.15) is 37.7 Å². The van der Waals surface area contributed by atoms with Crippen molar-refractivity contribution in [2.75, 3.05) is 14.1 Å². The molecule has 3 nitrogen and oxygen atoms in total. The highest BCUT2D eigenvalue weighted by Crippen LogP contribution is 2.34. The first-order valence-corrected chi connectivity index (χ1v) is 7.18. The van der Waals surface area contributed by atoms with Gasteiger partial charge in [-0.1, -0.05) is 31.4 Å². The first kappa shape index (κ1) is 14.4. The molecule has 1 aromatic rings. The predicted molar refractivity (Wildman–Crippen MR) is 77.3 cm³/mol. The van der Waals surface area contributed by atoms with Gasteiger partial charge >= 0.3 is 0 Å². The van der Waals surface area contributed by atoms with Gasteiger partial charge in [-0.2, -0.15) is 0 Å². The number of aliphatic hydroxyl groups is 1. The molecule has 0 spiro atoms. The molecule has 1 aliphatic rings. The van der Waals surface area contributed by atoms with Crippen LogP contribution in [-0.4, -0.2) is 40.9 Å². The summed E-state index contributed by atoms with van der Waals surface area (Å²) in [6.45, 7) is 0. The zero-order chi connectivity index (χ0) is 13.9. The molecular weight excluding hydrogens is 238 g/mol. The smallest absolute Gasteiger partial charge is 0.115 e. The van der Waals surface area contributed by atoms with Gasteiger partial charge in [-0.15, -0.1) is 0 Å². The number of hydrogen-bond acceptors (Lipinski definition) is 3. The molecule has 1 atom stereocenters. The zero-order valence-corrected chi connectivity index (χ0v) is 12.0. The molecular formula is C16H25NO2. The van der Waals surface area contributed by atoms with E-state index < -0.39 is 5.60 Å². The Balaban J connectivity index is 2.13. The molecule has 0 unspecified atom stereocenters. The topological polar surface area (TPSA) is 43.7 Å². The van der Waals surface area contributed by atoms with Crippen molar-refractivity contribution in [3.63, 3.8) is 0 Å². The van der Waals surface area contributed by atoms with Gasteiger partial charge in [-0.3, -0.25) is 0 Å². The Morgan fingerprint density at radius 1 is 1.11 bits per heavy atom. The molecule has 3 heteroatoms. The van der Waals surface area contributed by atoms with E-state index >= 15 is 0 Å². The van der Waals surface area contributed by atoms with Crippen LogP contribution < -0.4 is 0 Å². The Bertz CT molecular complexity index is 394. The van der Waals surface area contributed by atoms with Crippen molar-refractivity contribution in [1.82, 2.24) is 4.90 Å². The minimum Gasteiger partial charge on any atom is -0.508 e. The maximum absolute atomic E-state index is 10.9. The minimum atomic E-state index is -0.570. The van der Waals surface area contributed by atoms with E-state index in [1.54, 1.807) is 12.1 Å². The Morgan fingerprint density at radius 3 is 2.21 bits per heavy atom. The van der Waals surface area contributed by atoms with Crippen LogP contribution in [0.4, 0.5) is 0 Å². The first-order chi connectivity index (χ1) is 9.01. The van der Waals surface area contributed by atoms with Crippen molar-refractivity contribution in [2.45, 2.75) is 50.2 Å². The van der Waals surface area contributed by atoms with Crippen molar-refractivity contribution in [1.29, 1.82) is 0 Å². The van der Waals surface area contributed by atoms with Crippen LogP contribution in [0, 0.1) is 0 Å². The quantitative estimate of drug-likeness (QED) is 0.877. The van der Waals surface area contributed by atoms with Crippen LogP contribution in [-0.2, 0) is 6.42 Å². The summed E-state index contributed by atoms with van der Waals surface area (Å²) in [6, 6.07) is 7.45. The van der Waals surface area contributed by atoms with Crippen molar-refractivity contribution in [3.8, 4) is 5.75 Å². The summed E-state index contributed by atoms with van der Waals surface area (Å²) in [7, 11) is 4.08. The van der Waals surface area contributed by atoms with E-state index in [1.807, 2.05) is 26.2 Å². The maximum Gasteiger partial charge on any atom is 0.115 e. The van der Waals surface area contributed by atoms with Crippen molar-refractivity contribution in [2.24, 2.45) is 0 Å². The number of hydrogen-bond donors (Lipinski definition) is 2. The molecule has 1 aliphatic carbocycles. The lowest BCUT2D eigenvalue weighted by Gasteiger charge is -2.42. The highest BCUT2D eigenvalue weighted by Gasteiger charge is 2.38. The van der Waals surface area contributed by atoms with E-state index in [0.29, 0.717) is 5.75 Å². The van der Waals surface area contributed by atoms with Gasteiger partial charge in [-0.25, -0.2) is 0 Å². The summed E-state index contributed by atoms with van der Waals surface area (Å²) in [4.78, 5) is 2.14. The van der Waals surface area contributed by atoms with Crippen LogP contribution in [0.15, 0.2) is 24.3 Å². The van der Waals surface area contributed by atoms with Gasteiger partial charge in [-0.05, 0) is 51.1 Å². The Kier molecular flexibility index (Phi) is 4.48. The van der Waals surface area contributed by atoms with E-state index in [-0.39, 0.29) is 6.04 Å². The Hall–Kier alpha value is -1.06. The van der Waals surface area contributed by atoms with Crippen LogP contribution in [0.25, 0.3) is 0 Å². The fraction of sp³-hybridized carbons (Fsp3) is 0.625. The summed E-state index contributed by atoms with van der Waals surface area (Å²) >= 11 is 0. The summed E-state index contributed by atoms with van der Waals surface area (Å²) in [6.07, 6.45) is 6.10. The molecule has 1 saturated carbocycles. The average molecular weight is 263 g/mol.